The Hall–Kier alpha value is -3.21. The van der Waals surface area contributed by atoms with E-state index >= 15 is 0 Å². The van der Waals surface area contributed by atoms with Crippen LogP contribution in [0.25, 0.3) is 33.7 Å². The molecule has 0 atom stereocenters. The van der Waals surface area contributed by atoms with Crippen molar-refractivity contribution in [3.63, 3.8) is 0 Å². The number of fused-ring (bicyclic) bond motifs is 5. The average molecular weight is 370 g/mol. The minimum absolute atomic E-state index is 0.0201. The van der Waals surface area contributed by atoms with Crippen molar-refractivity contribution in [1.29, 1.82) is 0 Å². The van der Waals surface area contributed by atoms with E-state index in [1.807, 2.05) is 24.1 Å². The Morgan fingerprint density at radius 1 is 1.00 bits per heavy atom. The molecule has 0 aliphatic heterocycles. The minimum Gasteiger partial charge on any atom is -0.263 e. The maximum atomic E-state index is 5.00. The first-order valence-corrected chi connectivity index (χ1v) is 9.59. The third kappa shape index (κ3) is 2.22. The van der Waals surface area contributed by atoms with Crippen molar-refractivity contribution in [2.75, 3.05) is 0 Å². The second-order valence-electron chi connectivity index (χ2n) is 8.51. The molecule has 28 heavy (non-hydrogen) atoms. The minimum atomic E-state index is 0.0201. The topological polar surface area (TPSA) is 39.0 Å². The number of imidazole rings is 2. The number of benzene rings is 2. The van der Waals surface area contributed by atoms with E-state index in [1.165, 1.54) is 22.3 Å². The molecule has 0 radical (unpaired) electrons. The highest BCUT2D eigenvalue weighted by Gasteiger charge is 2.27. The third-order valence-corrected chi connectivity index (χ3v) is 5.47. The second-order valence-corrected chi connectivity index (χ2v) is 8.51. The molecule has 5 aromatic rings. The van der Waals surface area contributed by atoms with E-state index in [2.05, 4.69) is 84.1 Å². The van der Waals surface area contributed by atoms with Crippen LogP contribution in [-0.4, -0.2) is 18.9 Å². The van der Waals surface area contributed by atoms with Gasteiger partial charge in [-0.1, -0.05) is 51.1 Å². The molecule has 0 fully saturated rings. The fourth-order valence-electron chi connectivity index (χ4n) is 4.22. The van der Waals surface area contributed by atoms with Gasteiger partial charge in [0.15, 0.2) is 5.52 Å². The summed E-state index contributed by atoms with van der Waals surface area (Å²) in [5, 5.41) is 0. The van der Waals surface area contributed by atoms with Gasteiger partial charge in [0, 0.05) is 0 Å². The highest BCUT2D eigenvalue weighted by Crippen LogP contribution is 2.34. The Labute approximate surface area is 163 Å². The van der Waals surface area contributed by atoms with E-state index in [1.54, 1.807) is 0 Å². The summed E-state index contributed by atoms with van der Waals surface area (Å²) in [6, 6.07) is 15.1. The van der Waals surface area contributed by atoms with Crippen molar-refractivity contribution in [2.24, 2.45) is 7.05 Å². The molecule has 0 N–H and O–H groups in total. The van der Waals surface area contributed by atoms with E-state index in [9.17, 15) is 0 Å². The van der Waals surface area contributed by atoms with Crippen LogP contribution >= 0.6 is 0 Å². The molecule has 0 saturated heterocycles. The molecule has 5 heteroatoms. The lowest BCUT2D eigenvalue weighted by Gasteiger charge is -2.23. The van der Waals surface area contributed by atoms with E-state index in [-0.39, 0.29) is 5.41 Å². The summed E-state index contributed by atoms with van der Waals surface area (Å²) in [4.78, 5) is 9.32. The first kappa shape index (κ1) is 16.9. The SMILES string of the molecule is Cc1cccc2c1n1c(nc3cnc[n+](C)c31)n2-c1ccccc1C(C)(C)C. The quantitative estimate of drug-likeness (QED) is 0.414. The summed E-state index contributed by atoms with van der Waals surface area (Å²) in [5.74, 6) is 0.916. The van der Waals surface area contributed by atoms with Crippen LogP contribution in [0.3, 0.4) is 0 Å². The predicted molar refractivity (Wildman–Crippen MR) is 112 cm³/mol. The Bertz CT molecular complexity index is 1370. The largest absolute Gasteiger partial charge is 0.282 e. The summed E-state index contributed by atoms with van der Waals surface area (Å²) < 4.78 is 6.60. The Balaban J connectivity index is 2.06. The van der Waals surface area contributed by atoms with Crippen LogP contribution in [0.15, 0.2) is 55.0 Å². The van der Waals surface area contributed by atoms with E-state index in [0.717, 1.165) is 22.5 Å². The third-order valence-electron chi connectivity index (χ3n) is 5.47. The number of hydrogen-bond donors (Lipinski definition) is 0. The molecule has 5 rings (SSSR count). The molecule has 140 valence electrons. The normalized spacial score (nSPS) is 12.5. The lowest BCUT2D eigenvalue weighted by atomic mass is 9.85. The molecule has 3 heterocycles. The average Bonchev–Trinajstić information content (AvgIpc) is 3.16. The number of rotatable bonds is 1. The first-order chi connectivity index (χ1) is 13.4. The number of aryl methyl sites for hydroxylation is 2. The second kappa shape index (κ2) is 5.64. The molecule has 0 bridgehead atoms. The summed E-state index contributed by atoms with van der Waals surface area (Å²) in [7, 11) is 2.02. The molecule has 0 amide bonds. The zero-order chi connectivity index (χ0) is 19.6. The van der Waals surface area contributed by atoms with Crippen molar-refractivity contribution in [3.8, 4) is 5.69 Å². The van der Waals surface area contributed by atoms with Gasteiger partial charge in [-0.3, -0.25) is 4.57 Å². The van der Waals surface area contributed by atoms with Gasteiger partial charge in [0.25, 0.3) is 11.4 Å². The van der Waals surface area contributed by atoms with Gasteiger partial charge < -0.3 is 0 Å². The maximum Gasteiger partial charge on any atom is 0.282 e. The summed E-state index contributed by atoms with van der Waals surface area (Å²) >= 11 is 0. The number of para-hydroxylation sites is 2. The lowest BCUT2D eigenvalue weighted by Crippen LogP contribution is -2.30. The maximum absolute atomic E-state index is 5.00. The van der Waals surface area contributed by atoms with Gasteiger partial charge >= 0.3 is 0 Å². The van der Waals surface area contributed by atoms with Crippen LogP contribution in [0, 0.1) is 6.92 Å². The number of hydrogen-bond acceptors (Lipinski definition) is 2. The lowest BCUT2D eigenvalue weighted by molar-refractivity contribution is -0.650. The van der Waals surface area contributed by atoms with Crippen molar-refractivity contribution in [1.82, 2.24) is 18.9 Å². The van der Waals surface area contributed by atoms with Crippen LogP contribution in [0.5, 0.6) is 0 Å². The van der Waals surface area contributed by atoms with Crippen LogP contribution in [0.2, 0.25) is 0 Å². The van der Waals surface area contributed by atoms with Gasteiger partial charge in [-0.2, -0.15) is 9.38 Å². The van der Waals surface area contributed by atoms with Gasteiger partial charge in [0.1, 0.15) is 11.7 Å². The van der Waals surface area contributed by atoms with Crippen LogP contribution in [0.1, 0.15) is 31.9 Å². The van der Waals surface area contributed by atoms with Gasteiger partial charge in [-0.15, -0.1) is 4.98 Å². The fourth-order valence-corrected chi connectivity index (χ4v) is 4.22. The smallest absolute Gasteiger partial charge is 0.263 e. The zero-order valence-corrected chi connectivity index (χ0v) is 16.9. The number of nitrogens with zero attached hydrogens (tertiary/aromatic N) is 5. The molecule has 0 aliphatic carbocycles. The fraction of sp³-hybridized carbons (Fsp3) is 0.261. The van der Waals surface area contributed by atoms with Crippen LogP contribution in [0.4, 0.5) is 0 Å². The molecule has 0 spiro atoms. The predicted octanol–water partition coefficient (Wildman–Crippen LogP) is 4.26. The van der Waals surface area contributed by atoms with Gasteiger partial charge in [0.05, 0.1) is 18.3 Å². The molecule has 0 unspecified atom stereocenters. The Morgan fingerprint density at radius 2 is 1.79 bits per heavy atom. The highest BCUT2D eigenvalue weighted by atomic mass is 15.3. The Morgan fingerprint density at radius 3 is 2.57 bits per heavy atom. The first-order valence-electron chi connectivity index (χ1n) is 9.59. The molecule has 2 aromatic carbocycles. The Kier molecular flexibility index (Phi) is 3.41. The van der Waals surface area contributed by atoms with E-state index in [4.69, 9.17) is 4.98 Å². The highest BCUT2D eigenvalue weighted by molar-refractivity contribution is 5.91. The van der Waals surface area contributed by atoms with Gasteiger partial charge in [0.2, 0.25) is 6.33 Å². The van der Waals surface area contributed by atoms with Crippen molar-refractivity contribution < 1.29 is 4.57 Å². The van der Waals surface area contributed by atoms with Crippen molar-refractivity contribution in [2.45, 2.75) is 33.1 Å². The zero-order valence-electron chi connectivity index (χ0n) is 16.9. The molecule has 3 aromatic heterocycles. The summed E-state index contributed by atoms with van der Waals surface area (Å²) in [5.41, 5.74) is 8.01. The van der Waals surface area contributed by atoms with E-state index < -0.39 is 0 Å². The molecule has 0 aliphatic rings. The van der Waals surface area contributed by atoms with Crippen LogP contribution < -0.4 is 4.57 Å². The molecular weight excluding hydrogens is 346 g/mol. The van der Waals surface area contributed by atoms with Crippen LogP contribution in [-0.2, 0) is 12.5 Å². The van der Waals surface area contributed by atoms with Crippen molar-refractivity contribution in [3.05, 3.63) is 66.1 Å². The monoisotopic (exact) mass is 370 g/mol. The van der Waals surface area contributed by atoms with Crippen molar-refractivity contribution >= 4 is 28.0 Å². The molecule has 5 nitrogen and oxygen atoms in total. The summed E-state index contributed by atoms with van der Waals surface area (Å²) in [6.45, 7) is 8.93. The number of aromatic nitrogens is 5. The standard InChI is InChI=1S/C23H24N5/c1-15-9-8-12-19-20(15)28-21-17(13-24-14-26(21)5)25-22(28)27(19)18-11-7-6-10-16(18)23(2,3)4/h6-14H,1-5H3/q+1. The van der Waals surface area contributed by atoms with E-state index in [0.29, 0.717) is 0 Å². The van der Waals surface area contributed by atoms with Gasteiger partial charge in [-0.25, -0.2) is 4.57 Å². The summed E-state index contributed by atoms with van der Waals surface area (Å²) in [6.07, 6.45) is 3.67. The van der Waals surface area contributed by atoms with Gasteiger partial charge in [-0.05, 0) is 35.6 Å². The molecule has 0 saturated carbocycles. The molecular formula is C23H24N5+.